The Labute approximate surface area is 160 Å². The van der Waals surface area contributed by atoms with E-state index in [1.165, 1.54) is 10.8 Å². The molecule has 0 radical (unpaired) electrons. The lowest BCUT2D eigenvalue weighted by molar-refractivity contribution is -0.132. The summed E-state index contributed by atoms with van der Waals surface area (Å²) in [6.07, 6.45) is 3.05. The maximum Gasteiger partial charge on any atom is 0.269 e. The van der Waals surface area contributed by atoms with Crippen LogP contribution in [-0.2, 0) is 11.3 Å². The quantitative estimate of drug-likeness (QED) is 0.598. The van der Waals surface area contributed by atoms with E-state index in [9.17, 15) is 9.59 Å². The third-order valence-electron chi connectivity index (χ3n) is 5.34. The highest BCUT2D eigenvalue weighted by Crippen LogP contribution is 2.31. The molecule has 1 amide bonds. The van der Waals surface area contributed by atoms with E-state index in [4.69, 9.17) is 0 Å². The maximum atomic E-state index is 13.1. The molecule has 0 saturated carbocycles. The van der Waals surface area contributed by atoms with Crippen LogP contribution >= 0.6 is 0 Å². The molecular formula is C21H19N5O2. The van der Waals surface area contributed by atoms with Crippen molar-refractivity contribution in [2.45, 2.75) is 25.4 Å². The molecule has 5 rings (SSSR count). The maximum absolute atomic E-state index is 13.1. The number of likely N-dealkylation sites (tertiary alicyclic amines) is 1. The zero-order chi connectivity index (χ0) is 19.1. The van der Waals surface area contributed by atoms with Gasteiger partial charge in [-0.1, -0.05) is 24.3 Å². The molecule has 2 aromatic heterocycles. The Kier molecular flexibility index (Phi) is 3.93. The van der Waals surface area contributed by atoms with Gasteiger partial charge in [0.2, 0.25) is 5.91 Å². The molecular weight excluding hydrogens is 354 g/mol. The normalized spacial score (nSPS) is 16.9. The first-order valence-electron chi connectivity index (χ1n) is 9.39. The van der Waals surface area contributed by atoms with E-state index in [0.717, 1.165) is 29.7 Å². The van der Waals surface area contributed by atoms with Crippen LogP contribution < -0.4 is 5.56 Å². The summed E-state index contributed by atoms with van der Waals surface area (Å²) in [5.74, 6) is 0.723. The third kappa shape index (κ3) is 2.76. The Bertz CT molecular complexity index is 1210. The van der Waals surface area contributed by atoms with Gasteiger partial charge >= 0.3 is 0 Å². The van der Waals surface area contributed by atoms with Gasteiger partial charge < -0.3 is 9.88 Å². The molecule has 1 saturated heterocycles. The zero-order valence-electron chi connectivity index (χ0n) is 15.2. The zero-order valence-corrected chi connectivity index (χ0v) is 15.2. The summed E-state index contributed by atoms with van der Waals surface area (Å²) in [5.41, 5.74) is 2.96. The molecule has 140 valence electrons. The second-order valence-electron chi connectivity index (χ2n) is 7.06. The SMILES string of the molecule is O=C(Cn1c(=O)cnc2ccccc21)N1CCCC1c1nc2ccccc2[nH]1. The number of hydrogen-bond acceptors (Lipinski definition) is 4. The van der Waals surface area contributed by atoms with Crippen molar-refractivity contribution in [3.05, 3.63) is 70.9 Å². The number of H-pyrrole nitrogens is 1. The molecule has 2 aromatic carbocycles. The molecule has 4 aromatic rings. The molecule has 7 nitrogen and oxygen atoms in total. The third-order valence-corrected chi connectivity index (χ3v) is 5.34. The number of hydrogen-bond donors (Lipinski definition) is 1. The van der Waals surface area contributed by atoms with Gasteiger partial charge in [0.05, 0.1) is 34.3 Å². The number of fused-ring (bicyclic) bond motifs is 2. The number of aromatic amines is 1. The molecule has 1 atom stereocenters. The van der Waals surface area contributed by atoms with Gasteiger partial charge in [-0.15, -0.1) is 0 Å². The van der Waals surface area contributed by atoms with Gasteiger partial charge in [-0.25, -0.2) is 9.97 Å². The van der Waals surface area contributed by atoms with Gasteiger partial charge in [0, 0.05) is 6.54 Å². The number of aromatic nitrogens is 4. The fourth-order valence-corrected chi connectivity index (χ4v) is 3.98. The monoisotopic (exact) mass is 373 g/mol. The fraction of sp³-hybridized carbons (Fsp3) is 0.238. The number of nitrogens with one attached hydrogen (secondary N) is 1. The first-order chi connectivity index (χ1) is 13.7. The van der Waals surface area contributed by atoms with Crippen molar-refractivity contribution in [3.8, 4) is 0 Å². The second kappa shape index (κ2) is 6.60. The van der Waals surface area contributed by atoms with Crippen LogP contribution in [0.4, 0.5) is 0 Å². The van der Waals surface area contributed by atoms with E-state index < -0.39 is 0 Å². The van der Waals surface area contributed by atoms with E-state index in [0.29, 0.717) is 17.6 Å². The largest absolute Gasteiger partial charge is 0.340 e. The van der Waals surface area contributed by atoms with Crippen LogP contribution in [0.5, 0.6) is 0 Å². The number of nitrogens with zero attached hydrogens (tertiary/aromatic N) is 4. The van der Waals surface area contributed by atoms with Crippen LogP contribution in [0, 0.1) is 0 Å². The van der Waals surface area contributed by atoms with Crippen LogP contribution in [0.25, 0.3) is 22.1 Å². The van der Waals surface area contributed by atoms with Gasteiger partial charge in [0.15, 0.2) is 0 Å². The predicted molar refractivity (Wildman–Crippen MR) is 106 cm³/mol. The second-order valence-corrected chi connectivity index (χ2v) is 7.06. The number of benzene rings is 2. The topological polar surface area (TPSA) is 83.9 Å². The standard InChI is InChI=1S/C21H19N5O2/c27-19-12-22-16-8-3-4-9-17(16)26(19)13-20(28)25-11-5-10-18(25)21-23-14-6-1-2-7-15(14)24-21/h1-4,6-9,12,18H,5,10-11,13H2,(H,23,24). The minimum Gasteiger partial charge on any atom is -0.340 e. The van der Waals surface area contributed by atoms with Crippen molar-refractivity contribution in [1.29, 1.82) is 0 Å². The first-order valence-corrected chi connectivity index (χ1v) is 9.39. The Hall–Kier alpha value is -3.48. The predicted octanol–water partition coefficient (Wildman–Crippen LogP) is 2.64. The first kappa shape index (κ1) is 16.7. The molecule has 28 heavy (non-hydrogen) atoms. The fourth-order valence-electron chi connectivity index (χ4n) is 3.98. The average molecular weight is 373 g/mol. The number of carbonyl (C=O) groups is 1. The summed E-state index contributed by atoms with van der Waals surface area (Å²) in [6.45, 7) is 0.664. The summed E-state index contributed by atoms with van der Waals surface area (Å²) in [6, 6.07) is 15.1. The molecule has 3 heterocycles. The van der Waals surface area contributed by atoms with Gasteiger partial charge in [-0.3, -0.25) is 14.2 Å². The summed E-state index contributed by atoms with van der Waals surface area (Å²) in [5, 5.41) is 0. The Morgan fingerprint density at radius 3 is 2.75 bits per heavy atom. The smallest absolute Gasteiger partial charge is 0.269 e. The number of carbonyl (C=O) groups excluding carboxylic acids is 1. The Morgan fingerprint density at radius 2 is 1.89 bits per heavy atom. The summed E-state index contributed by atoms with van der Waals surface area (Å²) in [4.78, 5) is 39.5. The molecule has 1 unspecified atom stereocenters. The summed E-state index contributed by atoms with van der Waals surface area (Å²) >= 11 is 0. The minimum absolute atomic E-state index is 0.00139. The molecule has 1 fully saturated rings. The number of imidazole rings is 1. The van der Waals surface area contributed by atoms with Crippen LogP contribution in [0.3, 0.4) is 0 Å². The van der Waals surface area contributed by atoms with Crippen LogP contribution in [-0.4, -0.2) is 36.9 Å². The van der Waals surface area contributed by atoms with Crippen molar-refractivity contribution in [1.82, 2.24) is 24.4 Å². The molecule has 1 aliphatic heterocycles. The van der Waals surface area contributed by atoms with Gasteiger partial charge in [0.1, 0.15) is 12.4 Å². The van der Waals surface area contributed by atoms with Gasteiger partial charge in [0.25, 0.3) is 5.56 Å². The van der Waals surface area contributed by atoms with Crippen molar-refractivity contribution in [3.63, 3.8) is 0 Å². The summed E-state index contributed by atoms with van der Waals surface area (Å²) in [7, 11) is 0. The Morgan fingerprint density at radius 1 is 1.11 bits per heavy atom. The molecule has 7 heteroatoms. The van der Waals surface area contributed by atoms with Crippen molar-refractivity contribution in [2.24, 2.45) is 0 Å². The van der Waals surface area contributed by atoms with Crippen LogP contribution in [0.1, 0.15) is 24.7 Å². The van der Waals surface area contributed by atoms with E-state index in [2.05, 4.69) is 15.0 Å². The van der Waals surface area contributed by atoms with E-state index >= 15 is 0 Å². The van der Waals surface area contributed by atoms with Gasteiger partial charge in [-0.05, 0) is 37.1 Å². The van der Waals surface area contributed by atoms with E-state index in [1.54, 1.807) is 0 Å². The van der Waals surface area contributed by atoms with Crippen LogP contribution in [0.2, 0.25) is 0 Å². The van der Waals surface area contributed by atoms with Crippen molar-refractivity contribution < 1.29 is 4.79 Å². The number of rotatable bonds is 3. The Balaban J connectivity index is 1.46. The molecule has 1 N–H and O–H groups in total. The lowest BCUT2D eigenvalue weighted by Gasteiger charge is -2.24. The highest BCUT2D eigenvalue weighted by molar-refractivity contribution is 5.81. The molecule has 0 spiro atoms. The average Bonchev–Trinajstić information content (AvgIpc) is 3.36. The lowest BCUT2D eigenvalue weighted by Crippen LogP contribution is -2.36. The molecule has 1 aliphatic rings. The minimum atomic E-state index is -0.272. The lowest BCUT2D eigenvalue weighted by atomic mass is 10.2. The van der Waals surface area contributed by atoms with Gasteiger partial charge in [-0.2, -0.15) is 0 Å². The highest BCUT2D eigenvalue weighted by atomic mass is 16.2. The van der Waals surface area contributed by atoms with Crippen LogP contribution in [0.15, 0.2) is 59.5 Å². The summed E-state index contributed by atoms with van der Waals surface area (Å²) < 4.78 is 1.50. The molecule has 0 bridgehead atoms. The highest BCUT2D eigenvalue weighted by Gasteiger charge is 2.32. The van der Waals surface area contributed by atoms with Crippen molar-refractivity contribution in [2.75, 3.05) is 6.54 Å². The number of amides is 1. The van der Waals surface area contributed by atoms with E-state index in [1.807, 2.05) is 53.4 Å². The molecule has 0 aliphatic carbocycles. The number of para-hydroxylation sites is 4. The van der Waals surface area contributed by atoms with Crippen molar-refractivity contribution >= 4 is 28.0 Å². The van der Waals surface area contributed by atoms with E-state index in [-0.39, 0.29) is 24.1 Å².